The number of ether oxygens (including phenoxy) is 1. The van der Waals surface area contributed by atoms with Crippen LogP contribution in [0.4, 0.5) is 22.7 Å². The SMILES string of the molecule is O=C(c1ccc([N+](=O)[O-])cc1Cl)N1CCN(c2ccc([N+](=O)[O-])c(N3CCOCC3)c2)CC1. The first kappa shape index (κ1) is 22.7. The first-order valence-corrected chi connectivity index (χ1v) is 10.8. The number of carbonyl (C=O) groups excluding carboxylic acids is 1. The van der Waals surface area contributed by atoms with Crippen molar-refractivity contribution in [3.63, 3.8) is 0 Å². The largest absolute Gasteiger partial charge is 0.378 e. The Hall–Kier alpha value is -3.44. The van der Waals surface area contributed by atoms with Gasteiger partial charge in [0.25, 0.3) is 17.3 Å². The molecule has 0 N–H and O–H groups in total. The lowest BCUT2D eigenvalue weighted by Gasteiger charge is -2.37. The van der Waals surface area contributed by atoms with Crippen LogP contribution in [0.2, 0.25) is 5.02 Å². The van der Waals surface area contributed by atoms with Gasteiger partial charge in [-0.1, -0.05) is 11.6 Å². The molecule has 0 spiro atoms. The van der Waals surface area contributed by atoms with Gasteiger partial charge in [-0.05, 0) is 18.2 Å². The van der Waals surface area contributed by atoms with Gasteiger partial charge in [0.2, 0.25) is 0 Å². The molecular weight excluding hydrogens is 454 g/mol. The van der Waals surface area contributed by atoms with Crippen molar-refractivity contribution < 1.29 is 19.4 Å². The van der Waals surface area contributed by atoms with Gasteiger partial charge in [-0.15, -0.1) is 0 Å². The number of halogens is 1. The van der Waals surface area contributed by atoms with E-state index in [1.54, 1.807) is 11.0 Å². The van der Waals surface area contributed by atoms with E-state index in [1.807, 2.05) is 11.0 Å². The third kappa shape index (κ3) is 4.83. The lowest BCUT2D eigenvalue weighted by molar-refractivity contribution is -0.384. The number of hydrogen-bond acceptors (Lipinski definition) is 8. The van der Waals surface area contributed by atoms with Crippen molar-refractivity contribution in [3.05, 3.63) is 67.2 Å². The molecule has 0 atom stereocenters. The van der Waals surface area contributed by atoms with Crippen LogP contribution in [0, 0.1) is 20.2 Å². The number of nitro groups is 2. The van der Waals surface area contributed by atoms with Gasteiger partial charge in [-0.2, -0.15) is 0 Å². The number of carbonyl (C=O) groups is 1. The van der Waals surface area contributed by atoms with Crippen LogP contribution in [0.5, 0.6) is 0 Å². The molecule has 174 valence electrons. The number of non-ortho nitro benzene ring substituents is 1. The molecule has 0 aromatic heterocycles. The van der Waals surface area contributed by atoms with Gasteiger partial charge in [0, 0.05) is 63.2 Å². The minimum atomic E-state index is -0.561. The molecule has 2 heterocycles. The summed E-state index contributed by atoms with van der Waals surface area (Å²) in [7, 11) is 0. The van der Waals surface area contributed by atoms with Crippen molar-refractivity contribution in [1.82, 2.24) is 4.90 Å². The number of benzene rings is 2. The standard InChI is InChI=1S/C21H22ClN5O6/c22-18-13-16(26(29)30)1-3-17(18)21(28)25-7-5-23(6-8-25)15-2-4-19(27(31)32)20(14-15)24-9-11-33-12-10-24/h1-4,13-14H,5-12H2. The molecule has 33 heavy (non-hydrogen) atoms. The minimum Gasteiger partial charge on any atom is -0.378 e. The molecule has 1 amide bonds. The monoisotopic (exact) mass is 475 g/mol. The van der Waals surface area contributed by atoms with E-state index in [0.29, 0.717) is 58.2 Å². The van der Waals surface area contributed by atoms with E-state index in [0.717, 1.165) is 5.69 Å². The maximum absolute atomic E-state index is 12.9. The van der Waals surface area contributed by atoms with E-state index in [4.69, 9.17) is 16.3 Å². The summed E-state index contributed by atoms with van der Waals surface area (Å²) in [5.74, 6) is -0.285. The van der Waals surface area contributed by atoms with Crippen molar-refractivity contribution in [3.8, 4) is 0 Å². The molecule has 2 aromatic rings. The van der Waals surface area contributed by atoms with Crippen molar-refractivity contribution in [2.45, 2.75) is 0 Å². The fourth-order valence-corrected chi connectivity index (χ4v) is 4.31. The van der Waals surface area contributed by atoms with E-state index in [9.17, 15) is 25.0 Å². The Morgan fingerprint density at radius 2 is 1.58 bits per heavy atom. The van der Waals surface area contributed by atoms with Crippen LogP contribution in [-0.4, -0.2) is 73.1 Å². The predicted molar refractivity (Wildman–Crippen MR) is 122 cm³/mol. The van der Waals surface area contributed by atoms with Crippen molar-refractivity contribution in [2.24, 2.45) is 0 Å². The summed E-state index contributed by atoms with van der Waals surface area (Å²) in [6.45, 7) is 4.14. The number of hydrogen-bond donors (Lipinski definition) is 0. The highest BCUT2D eigenvalue weighted by atomic mass is 35.5. The van der Waals surface area contributed by atoms with Crippen LogP contribution in [-0.2, 0) is 4.74 Å². The summed E-state index contributed by atoms with van der Waals surface area (Å²) in [5.41, 5.74) is 1.53. The smallest absolute Gasteiger partial charge is 0.292 e. The number of rotatable bonds is 5. The highest BCUT2D eigenvalue weighted by Gasteiger charge is 2.27. The van der Waals surface area contributed by atoms with Gasteiger partial charge >= 0.3 is 0 Å². The molecule has 2 aliphatic rings. The molecule has 2 fully saturated rings. The highest BCUT2D eigenvalue weighted by Crippen LogP contribution is 2.34. The zero-order valence-corrected chi connectivity index (χ0v) is 18.4. The first-order chi connectivity index (χ1) is 15.8. The number of nitro benzene ring substituents is 2. The third-order valence-corrected chi connectivity index (χ3v) is 6.15. The topological polar surface area (TPSA) is 122 Å². The minimum absolute atomic E-state index is 0.0437. The molecular formula is C21H22ClN5O6. The van der Waals surface area contributed by atoms with Gasteiger partial charge in [-0.3, -0.25) is 25.0 Å². The summed E-state index contributed by atoms with van der Waals surface area (Å²) < 4.78 is 5.36. The van der Waals surface area contributed by atoms with E-state index in [1.165, 1.54) is 24.3 Å². The third-order valence-electron chi connectivity index (χ3n) is 5.83. The Kier molecular flexibility index (Phi) is 6.61. The maximum atomic E-state index is 12.9. The van der Waals surface area contributed by atoms with E-state index < -0.39 is 4.92 Å². The molecule has 0 bridgehead atoms. The zero-order chi connectivity index (χ0) is 23.5. The lowest BCUT2D eigenvalue weighted by atomic mass is 10.1. The van der Waals surface area contributed by atoms with Crippen LogP contribution >= 0.6 is 11.6 Å². The molecule has 0 aliphatic carbocycles. The molecule has 0 saturated carbocycles. The Bertz CT molecular complexity index is 1080. The van der Waals surface area contributed by atoms with Gasteiger partial charge in [0.15, 0.2) is 0 Å². The second-order valence-electron chi connectivity index (χ2n) is 7.73. The Morgan fingerprint density at radius 1 is 0.879 bits per heavy atom. The molecule has 2 aliphatic heterocycles. The highest BCUT2D eigenvalue weighted by molar-refractivity contribution is 6.34. The van der Waals surface area contributed by atoms with Gasteiger partial charge in [-0.25, -0.2) is 0 Å². The van der Waals surface area contributed by atoms with Crippen molar-refractivity contribution in [2.75, 3.05) is 62.3 Å². The van der Waals surface area contributed by atoms with Crippen molar-refractivity contribution in [1.29, 1.82) is 0 Å². The van der Waals surface area contributed by atoms with Gasteiger partial charge < -0.3 is 19.4 Å². The molecule has 2 saturated heterocycles. The average Bonchev–Trinajstić information content (AvgIpc) is 2.83. The van der Waals surface area contributed by atoms with E-state index in [-0.39, 0.29) is 32.8 Å². The van der Waals surface area contributed by atoms with Crippen LogP contribution < -0.4 is 9.80 Å². The predicted octanol–water partition coefficient (Wildman–Crippen LogP) is 2.96. The summed E-state index contributed by atoms with van der Waals surface area (Å²) >= 11 is 6.11. The molecule has 12 heteroatoms. The van der Waals surface area contributed by atoms with Gasteiger partial charge in [0.1, 0.15) is 5.69 Å². The summed E-state index contributed by atoms with van der Waals surface area (Å²) in [6.07, 6.45) is 0. The molecule has 11 nitrogen and oxygen atoms in total. The quantitative estimate of drug-likeness (QED) is 0.477. The fourth-order valence-electron chi connectivity index (χ4n) is 4.05. The van der Waals surface area contributed by atoms with E-state index >= 15 is 0 Å². The average molecular weight is 476 g/mol. The molecule has 2 aromatic carbocycles. The van der Waals surface area contributed by atoms with Crippen LogP contribution in [0.3, 0.4) is 0 Å². The number of piperazine rings is 1. The number of anilines is 2. The fraction of sp³-hybridized carbons (Fsp3) is 0.381. The van der Waals surface area contributed by atoms with E-state index in [2.05, 4.69) is 4.90 Å². The number of morpholine rings is 1. The summed E-state index contributed by atoms with van der Waals surface area (Å²) in [5, 5.41) is 22.5. The summed E-state index contributed by atoms with van der Waals surface area (Å²) in [4.78, 5) is 40.1. The van der Waals surface area contributed by atoms with Crippen LogP contribution in [0.15, 0.2) is 36.4 Å². The Labute approximate surface area is 194 Å². The second kappa shape index (κ2) is 9.59. The molecule has 0 unspecified atom stereocenters. The second-order valence-corrected chi connectivity index (χ2v) is 8.14. The first-order valence-electron chi connectivity index (χ1n) is 10.4. The normalized spacial score (nSPS) is 16.6. The number of amides is 1. The number of nitrogens with zero attached hydrogens (tertiary/aromatic N) is 5. The van der Waals surface area contributed by atoms with Crippen LogP contribution in [0.1, 0.15) is 10.4 Å². The Morgan fingerprint density at radius 3 is 2.18 bits per heavy atom. The molecule has 0 radical (unpaired) electrons. The zero-order valence-electron chi connectivity index (χ0n) is 17.7. The Balaban J connectivity index is 1.47. The maximum Gasteiger partial charge on any atom is 0.292 e. The summed E-state index contributed by atoms with van der Waals surface area (Å²) in [6, 6.07) is 8.89. The van der Waals surface area contributed by atoms with Gasteiger partial charge in [0.05, 0.1) is 33.6 Å². The lowest BCUT2D eigenvalue weighted by Crippen LogP contribution is -2.49. The molecule has 4 rings (SSSR count). The van der Waals surface area contributed by atoms with Crippen molar-refractivity contribution >= 4 is 40.3 Å². The van der Waals surface area contributed by atoms with Crippen LogP contribution in [0.25, 0.3) is 0 Å².